The Labute approximate surface area is 126 Å². The van der Waals surface area contributed by atoms with Gasteiger partial charge in [-0.15, -0.1) is 0 Å². The average Bonchev–Trinajstić information content (AvgIpc) is 2.26. The maximum absolute atomic E-state index is 5.45. The largest absolute Gasteiger partial charge is 0.495 e. The molecule has 1 aromatic rings. The first-order chi connectivity index (χ1) is 8.54. The minimum absolute atomic E-state index is 0.510. The molecule has 2 rings (SSSR count). The van der Waals surface area contributed by atoms with Gasteiger partial charge in [-0.05, 0) is 46.3 Å². The zero-order valence-corrected chi connectivity index (χ0v) is 14.0. The van der Waals surface area contributed by atoms with E-state index in [0.29, 0.717) is 5.41 Å². The first kappa shape index (κ1) is 14.4. The summed E-state index contributed by atoms with van der Waals surface area (Å²) in [5.74, 6) is 0.921. The lowest BCUT2D eigenvalue weighted by molar-refractivity contribution is 0.156. The molecule has 1 saturated carbocycles. The Morgan fingerprint density at radius 3 is 2.61 bits per heavy atom. The standard InChI is InChI=1S/C14H19Br2NO/c1-14(4-3-5-14)9-17-8-10-6-11(15)7-12(16)13(10)18-2/h6-7,17H,3-5,8-9H2,1-2H3. The summed E-state index contributed by atoms with van der Waals surface area (Å²) in [6.07, 6.45) is 4.07. The zero-order valence-electron chi connectivity index (χ0n) is 10.9. The molecule has 0 aromatic heterocycles. The van der Waals surface area contributed by atoms with Crippen LogP contribution in [0.4, 0.5) is 0 Å². The average molecular weight is 377 g/mol. The third-order valence-electron chi connectivity index (χ3n) is 3.72. The molecular formula is C14H19Br2NO. The second-order valence-corrected chi connectivity index (χ2v) is 7.12. The Bertz CT molecular complexity index is 430. The summed E-state index contributed by atoms with van der Waals surface area (Å²) in [6, 6.07) is 4.12. The van der Waals surface area contributed by atoms with Crippen molar-refractivity contribution in [2.24, 2.45) is 5.41 Å². The van der Waals surface area contributed by atoms with Crippen LogP contribution in [0.2, 0.25) is 0 Å². The molecule has 0 saturated heterocycles. The third kappa shape index (κ3) is 3.28. The fourth-order valence-electron chi connectivity index (χ4n) is 2.43. The van der Waals surface area contributed by atoms with Crippen molar-refractivity contribution in [3.05, 3.63) is 26.6 Å². The Morgan fingerprint density at radius 1 is 1.33 bits per heavy atom. The van der Waals surface area contributed by atoms with Crippen molar-refractivity contribution in [2.45, 2.75) is 32.7 Å². The molecule has 18 heavy (non-hydrogen) atoms. The second-order valence-electron chi connectivity index (χ2n) is 5.35. The van der Waals surface area contributed by atoms with Crippen LogP contribution in [-0.2, 0) is 6.54 Å². The SMILES string of the molecule is COc1c(Br)cc(Br)cc1CNCC1(C)CCC1. The zero-order chi connectivity index (χ0) is 13.2. The lowest BCUT2D eigenvalue weighted by Crippen LogP contribution is -2.37. The van der Waals surface area contributed by atoms with Crippen LogP contribution >= 0.6 is 31.9 Å². The normalized spacial score (nSPS) is 17.3. The number of hydrogen-bond acceptors (Lipinski definition) is 2. The highest BCUT2D eigenvalue weighted by Gasteiger charge is 2.30. The Balaban J connectivity index is 1.99. The van der Waals surface area contributed by atoms with E-state index in [0.717, 1.165) is 27.8 Å². The van der Waals surface area contributed by atoms with Crippen molar-refractivity contribution >= 4 is 31.9 Å². The van der Waals surface area contributed by atoms with Gasteiger partial charge in [-0.2, -0.15) is 0 Å². The van der Waals surface area contributed by atoms with Crippen LogP contribution in [0.15, 0.2) is 21.1 Å². The lowest BCUT2D eigenvalue weighted by Gasteiger charge is -2.38. The Kier molecular flexibility index (Phi) is 4.73. The first-order valence-electron chi connectivity index (χ1n) is 6.27. The van der Waals surface area contributed by atoms with Gasteiger partial charge >= 0.3 is 0 Å². The molecule has 1 aromatic carbocycles. The number of ether oxygens (including phenoxy) is 1. The van der Waals surface area contributed by atoms with Gasteiger partial charge in [0.2, 0.25) is 0 Å². The third-order valence-corrected chi connectivity index (χ3v) is 4.76. The van der Waals surface area contributed by atoms with Gasteiger partial charge in [-0.25, -0.2) is 0 Å². The maximum Gasteiger partial charge on any atom is 0.137 e. The second kappa shape index (κ2) is 5.93. The molecule has 0 bridgehead atoms. The molecular weight excluding hydrogens is 358 g/mol. The monoisotopic (exact) mass is 375 g/mol. The van der Waals surface area contributed by atoms with Gasteiger partial charge in [0.15, 0.2) is 0 Å². The van der Waals surface area contributed by atoms with Crippen molar-refractivity contribution in [3.63, 3.8) is 0 Å². The highest BCUT2D eigenvalue weighted by molar-refractivity contribution is 9.11. The molecule has 2 nitrogen and oxygen atoms in total. The van der Waals surface area contributed by atoms with Crippen LogP contribution in [0, 0.1) is 5.41 Å². The predicted octanol–water partition coefficient (Wildman–Crippen LogP) is 4.50. The molecule has 1 fully saturated rings. The molecule has 0 heterocycles. The molecule has 0 atom stereocenters. The minimum atomic E-state index is 0.510. The van der Waals surface area contributed by atoms with Crippen LogP contribution in [0.25, 0.3) is 0 Å². The van der Waals surface area contributed by atoms with E-state index in [1.165, 1.54) is 24.8 Å². The molecule has 0 amide bonds. The molecule has 100 valence electrons. The first-order valence-corrected chi connectivity index (χ1v) is 7.85. The van der Waals surface area contributed by atoms with Gasteiger partial charge in [0.25, 0.3) is 0 Å². The number of methoxy groups -OCH3 is 1. The number of hydrogen-bond donors (Lipinski definition) is 1. The number of benzene rings is 1. The van der Waals surface area contributed by atoms with Gasteiger partial charge in [0.05, 0.1) is 11.6 Å². The van der Waals surface area contributed by atoms with E-state index in [4.69, 9.17) is 4.74 Å². The van der Waals surface area contributed by atoms with E-state index in [-0.39, 0.29) is 0 Å². The predicted molar refractivity (Wildman–Crippen MR) is 82.1 cm³/mol. The van der Waals surface area contributed by atoms with Crippen molar-refractivity contribution in [1.29, 1.82) is 0 Å². The summed E-state index contributed by atoms with van der Waals surface area (Å²) in [6.45, 7) is 4.29. The van der Waals surface area contributed by atoms with Crippen LogP contribution in [0.3, 0.4) is 0 Å². The fourth-order valence-corrected chi connectivity index (χ4v) is 3.91. The number of rotatable bonds is 5. The van der Waals surface area contributed by atoms with Crippen molar-refractivity contribution in [3.8, 4) is 5.75 Å². The smallest absolute Gasteiger partial charge is 0.137 e. The summed E-state index contributed by atoms with van der Waals surface area (Å²) in [5, 5.41) is 3.55. The van der Waals surface area contributed by atoms with Gasteiger partial charge < -0.3 is 10.1 Å². The highest BCUT2D eigenvalue weighted by Crippen LogP contribution is 2.39. The lowest BCUT2D eigenvalue weighted by atomic mass is 9.70. The van der Waals surface area contributed by atoms with Gasteiger partial charge in [-0.1, -0.05) is 29.3 Å². The number of nitrogens with one attached hydrogen (secondary N) is 1. The van der Waals surface area contributed by atoms with E-state index >= 15 is 0 Å². The van der Waals surface area contributed by atoms with Crippen molar-refractivity contribution in [1.82, 2.24) is 5.32 Å². The summed E-state index contributed by atoms with van der Waals surface area (Å²) in [4.78, 5) is 0. The Morgan fingerprint density at radius 2 is 2.06 bits per heavy atom. The topological polar surface area (TPSA) is 21.3 Å². The van der Waals surface area contributed by atoms with Crippen LogP contribution in [0.1, 0.15) is 31.7 Å². The van der Waals surface area contributed by atoms with Crippen LogP contribution in [0.5, 0.6) is 5.75 Å². The summed E-state index contributed by atoms with van der Waals surface area (Å²) >= 11 is 7.05. The van der Waals surface area contributed by atoms with Gasteiger partial charge in [0, 0.05) is 23.1 Å². The van der Waals surface area contributed by atoms with E-state index < -0.39 is 0 Å². The van der Waals surface area contributed by atoms with Crippen LogP contribution in [-0.4, -0.2) is 13.7 Å². The van der Waals surface area contributed by atoms with E-state index in [1.807, 2.05) is 6.07 Å². The molecule has 1 N–H and O–H groups in total. The molecule has 0 spiro atoms. The molecule has 0 aliphatic heterocycles. The molecule has 4 heteroatoms. The van der Waals surface area contributed by atoms with E-state index in [1.54, 1.807) is 7.11 Å². The molecule has 1 aliphatic carbocycles. The minimum Gasteiger partial charge on any atom is -0.495 e. The van der Waals surface area contributed by atoms with E-state index in [9.17, 15) is 0 Å². The van der Waals surface area contributed by atoms with Gasteiger partial charge in [-0.3, -0.25) is 0 Å². The highest BCUT2D eigenvalue weighted by atomic mass is 79.9. The molecule has 1 aliphatic rings. The van der Waals surface area contributed by atoms with Gasteiger partial charge in [0.1, 0.15) is 5.75 Å². The van der Waals surface area contributed by atoms with Crippen molar-refractivity contribution in [2.75, 3.05) is 13.7 Å². The quantitative estimate of drug-likeness (QED) is 0.816. The summed E-state index contributed by atoms with van der Waals surface area (Å²) in [7, 11) is 1.71. The van der Waals surface area contributed by atoms with Crippen LogP contribution < -0.4 is 10.1 Å². The molecule has 0 unspecified atom stereocenters. The number of halogens is 2. The van der Waals surface area contributed by atoms with Crippen molar-refractivity contribution < 1.29 is 4.74 Å². The maximum atomic E-state index is 5.45. The summed E-state index contributed by atoms with van der Waals surface area (Å²) in [5.41, 5.74) is 1.69. The van der Waals surface area contributed by atoms with E-state index in [2.05, 4.69) is 50.2 Å². The Hall–Kier alpha value is -0.0600. The fraction of sp³-hybridized carbons (Fsp3) is 0.571. The summed E-state index contributed by atoms with van der Waals surface area (Å²) < 4.78 is 7.51. The molecule has 0 radical (unpaired) electrons.